The van der Waals surface area contributed by atoms with Gasteiger partial charge in [-0.1, -0.05) is 0 Å². The topological polar surface area (TPSA) is 176 Å². The average Bonchev–Trinajstić information content (AvgIpc) is 1.85. The molecule has 1 aromatic heterocycles. The van der Waals surface area contributed by atoms with Crippen molar-refractivity contribution in [3.63, 3.8) is 0 Å². The molecule has 85 valence electrons. The van der Waals surface area contributed by atoms with Crippen molar-refractivity contribution in [3.05, 3.63) is 32.6 Å². The van der Waals surface area contributed by atoms with Crippen molar-refractivity contribution in [2.75, 3.05) is 0 Å². The van der Waals surface area contributed by atoms with Gasteiger partial charge in [-0.3, -0.25) is 9.78 Å². The second-order valence-electron chi connectivity index (χ2n) is 1.79. The van der Waals surface area contributed by atoms with E-state index in [1.807, 2.05) is 9.97 Å². The minimum absolute atomic E-state index is 0. The van der Waals surface area contributed by atoms with Gasteiger partial charge in [-0.15, -0.1) is 0 Å². The van der Waals surface area contributed by atoms with E-state index >= 15 is 0 Å². The van der Waals surface area contributed by atoms with E-state index in [4.69, 9.17) is 0 Å². The number of carboxylic acids is 1. The molecule has 0 unspecified atom stereocenters. The smallest absolute Gasteiger partial charge is 0.326 e. The van der Waals surface area contributed by atoms with E-state index in [9.17, 15) is 19.5 Å². The summed E-state index contributed by atoms with van der Waals surface area (Å²) in [5.41, 5.74) is -2.16. The number of hydrogen-bond donors (Lipinski definition) is 4. The van der Waals surface area contributed by atoms with E-state index in [0.29, 0.717) is 0 Å². The van der Waals surface area contributed by atoms with Crippen LogP contribution in [0, 0.1) is 0 Å². The largest absolute Gasteiger partial charge is 0.543 e. The number of aromatic carboxylic acids is 1. The summed E-state index contributed by atoms with van der Waals surface area (Å²) in [6.07, 6.45) is 0. The molecule has 14 heavy (non-hydrogen) atoms. The van der Waals surface area contributed by atoms with Crippen LogP contribution in [0.5, 0.6) is 0 Å². The van der Waals surface area contributed by atoms with Crippen LogP contribution < -0.4 is 28.7 Å². The zero-order valence-corrected chi connectivity index (χ0v) is 7.87. The van der Waals surface area contributed by atoms with Crippen LogP contribution in [0.25, 0.3) is 0 Å². The molecule has 0 saturated carbocycles. The van der Waals surface area contributed by atoms with Gasteiger partial charge in [0.05, 0.1) is 11.7 Å². The number of hydrogen-bond acceptors (Lipinski definition) is 6. The first kappa shape index (κ1) is 18.4. The van der Waals surface area contributed by atoms with E-state index in [1.54, 1.807) is 0 Å². The third kappa shape index (κ3) is 4.57. The second kappa shape index (κ2) is 7.04. The summed E-state index contributed by atoms with van der Waals surface area (Å²) >= 11 is 0. The molecule has 0 atom stereocenters. The van der Waals surface area contributed by atoms with Gasteiger partial charge in [-0.05, 0) is 0 Å². The van der Waals surface area contributed by atoms with Crippen molar-refractivity contribution in [1.29, 1.82) is 0 Å². The Morgan fingerprint density at radius 2 is 1.71 bits per heavy atom. The van der Waals surface area contributed by atoms with E-state index in [0.717, 1.165) is 6.07 Å². The molecule has 1 rings (SSSR count). The molecule has 8 nitrogen and oxygen atoms in total. The number of nitrogens with one attached hydrogen (secondary N) is 2. The molecule has 0 saturated heterocycles. The van der Waals surface area contributed by atoms with Gasteiger partial charge in [-0.25, -0.2) is 4.79 Å². The van der Waals surface area contributed by atoms with Gasteiger partial charge in [0, 0.05) is 23.1 Å². The fourth-order valence-electron chi connectivity index (χ4n) is 0.579. The Balaban J connectivity index is -0.000000403. The monoisotopic (exact) mass is 252 g/mol. The van der Waals surface area contributed by atoms with Gasteiger partial charge in [0.25, 0.3) is 5.56 Å². The van der Waals surface area contributed by atoms with Crippen LogP contribution in [0.1, 0.15) is 10.5 Å². The van der Waals surface area contributed by atoms with Crippen molar-refractivity contribution in [3.8, 4) is 0 Å². The Labute approximate surface area is 88.4 Å². The number of carboxylic acid groups (broad SMARTS) is 1. The SMILES string of the molecule is N.N.O=C([O-])c1cc(=O)[nH]c(=O)[nH]1.[Cu]. The van der Waals surface area contributed by atoms with E-state index in [2.05, 4.69) is 0 Å². The van der Waals surface area contributed by atoms with Crippen LogP contribution in [0.3, 0.4) is 0 Å². The molecular formula is C5H9CuN4O4-. The third-order valence-corrected chi connectivity index (χ3v) is 0.980. The molecule has 0 aromatic carbocycles. The molecule has 0 bridgehead atoms. The zero-order valence-electron chi connectivity index (χ0n) is 6.93. The Hall–Kier alpha value is -1.41. The number of aromatic amines is 2. The maximum atomic E-state index is 10.4. The second-order valence-corrected chi connectivity index (χ2v) is 1.79. The molecule has 0 amide bonds. The predicted molar refractivity (Wildman–Crippen MR) is 42.1 cm³/mol. The molecule has 1 heterocycles. The average molecular weight is 253 g/mol. The van der Waals surface area contributed by atoms with E-state index < -0.39 is 22.9 Å². The summed E-state index contributed by atoms with van der Waals surface area (Å²) in [5, 5.41) is 10.1. The molecule has 1 aromatic rings. The van der Waals surface area contributed by atoms with Crippen molar-refractivity contribution in [2.45, 2.75) is 0 Å². The van der Waals surface area contributed by atoms with E-state index in [-0.39, 0.29) is 29.4 Å². The van der Waals surface area contributed by atoms with Gasteiger partial charge in [0.2, 0.25) is 0 Å². The molecule has 0 aliphatic rings. The van der Waals surface area contributed by atoms with Crippen molar-refractivity contribution >= 4 is 5.97 Å². The summed E-state index contributed by atoms with van der Waals surface area (Å²) < 4.78 is 0. The summed E-state index contributed by atoms with van der Waals surface area (Å²) in [5.74, 6) is -1.59. The fraction of sp³-hybridized carbons (Fsp3) is 0. The first-order valence-corrected chi connectivity index (χ1v) is 2.64. The van der Waals surface area contributed by atoms with Gasteiger partial charge >= 0.3 is 5.69 Å². The molecule has 9 heteroatoms. The fourth-order valence-corrected chi connectivity index (χ4v) is 0.579. The summed E-state index contributed by atoms with van der Waals surface area (Å²) in [4.78, 5) is 34.6. The quantitative estimate of drug-likeness (QED) is 0.410. The Morgan fingerprint density at radius 1 is 1.21 bits per heavy atom. The molecule has 8 N–H and O–H groups in total. The van der Waals surface area contributed by atoms with Crippen LogP contribution in [-0.4, -0.2) is 15.9 Å². The number of carbonyl (C=O) groups is 1. The first-order chi connectivity index (χ1) is 5.09. The molecule has 0 aliphatic carbocycles. The minimum atomic E-state index is -1.59. The van der Waals surface area contributed by atoms with Crippen molar-refractivity contribution < 1.29 is 27.0 Å². The number of rotatable bonds is 1. The van der Waals surface area contributed by atoms with Gasteiger partial charge in [0.15, 0.2) is 0 Å². The van der Waals surface area contributed by atoms with Crippen molar-refractivity contribution in [2.24, 2.45) is 0 Å². The number of aromatic nitrogens is 2. The molecule has 0 fully saturated rings. The van der Waals surface area contributed by atoms with E-state index in [1.165, 1.54) is 0 Å². The van der Waals surface area contributed by atoms with Crippen LogP contribution in [0.2, 0.25) is 0 Å². The summed E-state index contributed by atoms with van der Waals surface area (Å²) in [7, 11) is 0. The molecule has 0 aliphatic heterocycles. The van der Waals surface area contributed by atoms with Crippen LogP contribution in [0.4, 0.5) is 0 Å². The number of carbonyl (C=O) groups excluding carboxylic acids is 1. The number of H-pyrrole nitrogens is 2. The summed E-state index contributed by atoms with van der Waals surface area (Å²) in [6.45, 7) is 0. The first-order valence-electron chi connectivity index (χ1n) is 2.64. The van der Waals surface area contributed by atoms with Gasteiger partial charge in [-0.2, -0.15) is 0 Å². The third-order valence-electron chi connectivity index (χ3n) is 0.980. The summed E-state index contributed by atoms with van der Waals surface area (Å²) in [6, 6.07) is 0.733. The zero-order chi connectivity index (χ0) is 8.43. The normalized spacial score (nSPS) is 7.43. The Kier molecular flexibility index (Phi) is 9.24. The Bertz CT molecular complexity index is 369. The minimum Gasteiger partial charge on any atom is -0.543 e. The maximum Gasteiger partial charge on any atom is 0.326 e. The standard InChI is InChI=1S/C5H4N2O4.Cu.2H3N/c8-3-1-2(4(9)10)6-5(11)7-3;;;/h1H,(H,9,10)(H2,6,7,8,11);;2*1H3/p-1. The van der Waals surface area contributed by atoms with Gasteiger partial charge in [0.1, 0.15) is 0 Å². The predicted octanol–water partition coefficient (Wildman–Crippen LogP) is -2.25. The van der Waals surface area contributed by atoms with Crippen LogP contribution >= 0.6 is 0 Å². The molecule has 1 radical (unpaired) electrons. The van der Waals surface area contributed by atoms with Crippen LogP contribution in [-0.2, 0) is 17.1 Å². The Morgan fingerprint density at radius 3 is 2.07 bits per heavy atom. The van der Waals surface area contributed by atoms with Crippen molar-refractivity contribution in [1.82, 2.24) is 22.3 Å². The molecular weight excluding hydrogens is 244 g/mol. The maximum absolute atomic E-state index is 10.4. The molecule has 0 spiro atoms. The van der Waals surface area contributed by atoms with Crippen LogP contribution in [0.15, 0.2) is 15.7 Å². The van der Waals surface area contributed by atoms with Gasteiger partial charge < -0.3 is 27.2 Å².